The monoisotopic (exact) mass is 331 g/mol. The first-order chi connectivity index (χ1) is 11.4. The molecule has 0 saturated carbocycles. The Hall–Kier alpha value is -2.56. The second-order valence-corrected chi connectivity index (χ2v) is 6.05. The average Bonchev–Trinajstić information content (AvgIpc) is 2.54. The van der Waals surface area contributed by atoms with Crippen molar-refractivity contribution >= 4 is 5.91 Å². The molecule has 1 amide bonds. The fourth-order valence-electron chi connectivity index (χ4n) is 2.51. The van der Waals surface area contributed by atoms with E-state index in [1.54, 1.807) is 38.5 Å². The molecule has 0 atom stereocenters. The molecule has 0 aliphatic carbocycles. The molecule has 2 aromatic rings. The first-order valence-electron chi connectivity index (χ1n) is 7.63. The van der Waals surface area contributed by atoms with E-state index >= 15 is 0 Å². The average molecular weight is 331 g/mol. The molecule has 0 aliphatic rings. The maximum atomic E-state index is 13.0. The van der Waals surface area contributed by atoms with Crippen LogP contribution in [0.25, 0.3) is 0 Å². The molecule has 2 aromatic carbocycles. The predicted molar refractivity (Wildman–Crippen MR) is 90.8 cm³/mol. The van der Waals surface area contributed by atoms with Crippen LogP contribution in [0.2, 0.25) is 0 Å². The Bertz CT molecular complexity index is 711. The van der Waals surface area contributed by atoms with E-state index in [-0.39, 0.29) is 18.1 Å². The molecule has 24 heavy (non-hydrogen) atoms. The van der Waals surface area contributed by atoms with E-state index in [1.165, 1.54) is 12.1 Å². The highest BCUT2D eigenvalue weighted by atomic mass is 19.1. The Morgan fingerprint density at radius 2 is 1.67 bits per heavy atom. The lowest BCUT2D eigenvalue weighted by molar-refractivity contribution is -0.122. The topological polar surface area (TPSA) is 47.6 Å². The minimum Gasteiger partial charge on any atom is -0.493 e. The van der Waals surface area contributed by atoms with E-state index in [2.05, 4.69) is 5.32 Å². The molecule has 0 aliphatic heterocycles. The Morgan fingerprint density at radius 1 is 1.04 bits per heavy atom. The van der Waals surface area contributed by atoms with E-state index in [4.69, 9.17) is 9.47 Å². The lowest BCUT2D eigenvalue weighted by atomic mass is 9.94. The molecule has 5 heteroatoms. The molecule has 0 fully saturated rings. The zero-order chi connectivity index (χ0) is 17.7. The van der Waals surface area contributed by atoms with Gasteiger partial charge in [0, 0.05) is 0 Å². The Morgan fingerprint density at radius 3 is 2.25 bits per heavy atom. The van der Waals surface area contributed by atoms with Crippen molar-refractivity contribution < 1.29 is 18.7 Å². The minimum absolute atomic E-state index is 0.128. The minimum atomic E-state index is -0.596. The van der Waals surface area contributed by atoms with Gasteiger partial charge in [-0.3, -0.25) is 4.79 Å². The van der Waals surface area contributed by atoms with Gasteiger partial charge in [0.1, 0.15) is 5.82 Å². The van der Waals surface area contributed by atoms with Gasteiger partial charge >= 0.3 is 0 Å². The number of carbonyl (C=O) groups is 1. The molecule has 0 radical (unpaired) electrons. The van der Waals surface area contributed by atoms with Crippen molar-refractivity contribution in [2.45, 2.75) is 25.8 Å². The first-order valence-corrected chi connectivity index (χ1v) is 7.63. The van der Waals surface area contributed by atoms with Crippen molar-refractivity contribution in [1.29, 1.82) is 0 Å². The van der Waals surface area contributed by atoms with Gasteiger partial charge in [-0.25, -0.2) is 4.39 Å². The molecule has 0 heterocycles. The summed E-state index contributed by atoms with van der Waals surface area (Å²) in [7, 11) is 3.12. The quantitative estimate of drug-likeness (QED) is 0.882. The van der Waals surface area contributed by atoms with Crippen LogP contribution in [0.1, 0.15) is 25.0 Å². The second kappa shape index (κ2) is 7.34. The van der Waals surface area contributed by atoms with Crippen LogP contribution in [-0.2, 0) is 16.8 Å². The number of hydrogen-bond donors (Lipinski definition) is 1. The van der Waals surface area contributed by atoms with Crippen LogP contribution < -0.4 is 14.8 Å². The summed E-state index contributed by atoms with van der Waals surface area (Å²) < 4.78 is 23.5. The third-order valence-corrected chi connectivity index (χ3v) is 3.83. The van der Waals surface area contributed by atoms with Gasteiger partial charge in [-0.2, -0.15) is 0 Å². The molecular formula is C19H22FNO3. The Balaban J connectivity index is 2.08. The molecule has 2 rings (SSSR count). The van der Waals surface area contributed by atoms with Crippen LogP contribution >= 0.6 is 0 Å². The largest absolute Gasteiger partial charge is 0.493 e. The van der Waals surface area contributed by atoms with E-state index < -0.39 is 5.54 Å². The van der Waals surface area contributed by atoms with E-state index in [9.17, 15) is 9.18 Å². The fourth-order valence-corrected chi connectivity index (χ4v) is 2.51. The maximum Gasteiger partial charge on any atom is 0.225 e. The molecular weight excluding hydrogens is 309 g/mol. The number of benzene rings is 2. The summed E-state index contributed by atoms with van der Waals surface area (Å²) in [6.07, 6.45) is 0.213. The summed E-state index contributed by atoms with van der Waals surface area (Å²) in [6, 6.07) is 11.5. The summed E-state index contributed by atoms with van der Waals surface area (Å²) >= 11 is 0. The SMILES string of the molecule is COc1ccc(CC(=O)NC(C)(C)c2ccc(F)cc2)cc1OC. The van der Waals surface area contributed by atoms with Crippen LogP contribution in [0.4, 0.5) is 4.39 Å². The van der Waals surface area contributed by atoms with Gasteiger partial charge in [-0.05, 0) is 49.2 Å². The number of halogens is 1. The molecule has 128 valence electrons. The van der Waals surface area contributed by atoms with Crippen LogP contribution in [0, 0.1) is 5.82 Å². The molecule has 0 saturated heterocycles. The zero-order valence-electron chi connectivity index (χ0n) is 14.4. The van der Waals surface area contributed by atoms with Crippen molar-refractivity contribution in [3.05, 3.63) is 59.4 Å². The number of nitrogens with one attached hydrogen (secondary N) is 1. The lowest BCUT2D eigenvalue weighted by Crippen LogP contribution is -2.41. The predicted octanol–water partition coefficient (Wildman–Crippen LogP) is 3.44. The molecule has 0 aromatic heterocycles. The van der Waals surface area contributed by atoms with Gasteiger partial charge in [0.25, 0.3) is 0 Å². The van der Waals surface area contributed by atoms with Crippen LogP contribution in [-0.4, -0.2) is 20.1 Å². The van der Waals surface area contributed by atoms with E-state index in [0.29, 0.717) is 11.5 Å². The highest BCUT2D eigenvalue weighted by Crippen LogP contribution is 2.28. The normalized spacial score (nSPS) is 11.0. The highest BCUT2D eigenvalue weighted by Gasteiger charge is 2.23. The zero-order valence-corrected chi connectivity index (χ0v) is 14.4. The van der Waals surface area contributed by atoms with Crippen LogP contribution in [0.5, 0.6) is 11.5 Å². The number of ether oxygens (including phenoxy) is 2. The fraction of sp³-hybridized carbons (Fsp3) is 0.316. The van der Waals surface area contributed by atoms with Crippen molar-refractivity contribution in [1.82, 2.24) is 5.32 Å². The van der Waals surface area contributed by atoms with Crippen molar-refractivity contribution in [2.75, 3.05) is 14.2 Å². The smallest absolute Gasteiger partial charge is 0.225 e. The van der Waals surface area contributed by atoms with Crippen LogP contribution in [0.3, 0.4) is 0 Å². The van der Waals surface area contributed by atoms with Gasteiger partial charge in [-0.15, -0.1) is 0 Å². The van der Waals surface area contributed by atoms with Gasteiger partial charge < -0.3 is 14.8 Å². The molecule has 1 N–H and O–H groups in total. The van der Waals surface area contributed by atoms with E-state index in [0.717, 1.165) is 11.1 Å². The molecule has 4 nitrogen and oxygen atoms in total. The molecule has 0 spiro atoms. The number of hydrogen-bond acceptors (Lipinski definition) is 3. The van der Waals surface area contributed by atoms with Crippen molar-refractivity contribution in [2.24, 2.45) is 0 Å². The van der Waals surface area contributed by atoms with Crippen LogP contribution in [0.15, 0.2) is 42.5 Å². The number of rotatable bonds is 6. The van der Waals surface area contributed by atoms with E-state index in [1.807, 2.05) is 19.9 Å². The second-order valence-electron chi connectivity index (χ2n) is 6.05. The van der Waals surface area contributed by atoms with Crippen molar-refractivity contribution in [3.63, 3.8) is 0 Å². The number of methoxy groups -OCH3 is 2. The number of carbonyl (C=O) groups excluding carboxylic acids is 1. The Labute approximate surface area is 141 Å². The third kappa shape index (κ3) is 4.25. The van der Waals surface area contributed by atoms with Crippen molar-refractivity contribution in [3.8, 4) is 11.5 Å². The summed E-state index contributed by atoms with van der Waals surface area (Å²) in [5.74, 6) is 0.775. The summed E-state index contributed by atoms with van der Waals surface area (Å²) in [5, 5.41) is 2.97. The number of amides is 1. The molecule has 0 unspecified atom stereocenters. The summed E-state index contributed by atoms with van der Waals surface area (Å²) in [5.41, 5.74) is 1.06. The maximum absolute atomic E-state index is 13.0. The van der Waals surface area contributed by atoms with Gasteiger partial charge in [0.2, 0.25) is 5.91 Å². The standard InChI is InChI=1S/C19H22FNO3/c1-19(2,14-6-8-15(20)9-7-14)21-18(22)12-13-5-10-16(23-3)17(11-13)24-4/h5-11H,12H2,1-4H3,(H,21,22). The van der Waals surface area contributed by atoms with Gasteiger partial charge in [0.15, 0.2) is 11.5 Å². The van der Waals surface area contributed by atoms with Gasteiger partial charge in [-0.1, -0.05) is 18.2 Å². The highest BCUT2D eigenvalue weighted by molar-refractivity contribution is 5.79. The molecule has 0 bridgehead atoms. The summed E-state index contributed by atoms with van der Waals surface area (Å²) in [6.45, 7) is 3.76. The summed E-state index contributed by atoms with van der Waals surface area (Å²) in [4.78, 5) is 12.4. The third-order valence-electron chi connectivity index (χ3n) is 3.83. The van der Waals surface area contributed by atoms with Gasteiger partial charge in [0.05, 0.1) is 26.2 Å². The lowest BCUT2D eigenvalue weighted by Gasteiger charge is -2.27. The Kier molecular flexibility index (Phi) is 5.44. The first kappa shape index (κ1) is 17.8.